The summed E-state index contributed by atoms with van der Waals surface area (Å²) in [5.74, 6) is -1.16. The van der Waals surface area contributed by atoms with Gasteiger partial charge in [0, 0.05) is 31.1 Å². The number of unbranched alkanes of at least 4 members (excludes halogenated alkanes) is 1. The van der Waals surface area contributed by atoms with Gasteiger partial charge in [-0.25, -0.2) is 13.6 Å². The number of halogens is 2. The minimum atomic E-state index is -1.48. The molecule has 0 aliphatic rings. The lowest BCUT2D eigenvalue weighted by molar-refractivity contribution is 0.167. The number of methoxy groups -OCH3 is 1. The molecule has 0 aromatic heterocycles. The third-order valence-corrected chi connectivity index (χ3v) is 7.06. The Kier molecular flexibility index (Phi) is 11.6. The summed E-state index contributed by atoms with van der Waals surface area (Å²) in [6.45, 7) is 5.05. The Morgan fingerprint density at radius 1 is 1.15 bits per heavy atom. The molecule has 2 N–H and O–H groups in total. The fraction of sp³-hybridized carbons (Fsp3) is 0.440. The summed E-state index contributed by atoms with van der Waals surface area (Å²) in [5.41, 5.74) is 2.59. The fourth-order valence-corrected chi connectivity index (χ4v) is 5.29. The van der Waals surface area contributed by atoms with Gasteiger partial charge >= 0.3 is 6.09 Å². The molecule has 0 bridgehead atoms. The molecule has 0 heterocycles. The van der Waals surface area contributed by atoms with Gasteiger partial charge in [0.05, 0.1) is 13.2 Å². The minimum absolute atomic E-state index is 0.232. The number of hydrogen-bond acceptors (Lipinski definition) is 4. The number of ether oxygens (including phenoxy) is 1. The molecule has 1 radical (unpaired) electrons. The van der Waals surface area contributed by atoms with Crippen LogP contribution in [-0.2, 0) is 28.9 Å². The molecule has 0 spiro atoms. The van der Waals surface area contributed by atoms with Crippen molar-refractivity contribution in [2.24, 2.45) is 0 Å². The first-order valence-electron chi connectivity index (χ1n) is 11.2. The maximum Gasteiger partial charge on any atom is 0.407 e. The maximum absolute atomic E-state index is 14.0. The third-order valence-electron chi connectivity index (χ3n) is 5.24. The Morgan fingerprint density at radius 2 is 1.85 bits per heavy atom. The Hall–Kier alpha value is -2.16. The average molecular weight is 480 g/mol. The van der Waals surface area contributed by atoms with Crippen molar-refractivity contribution in [1.82, 2.24) is 10.6 Å². The normalized spacial score (nSPS) is 13.9. The Morgan fingerprint density at radius 3 is 2.48 bits per heavy atom. The maximum atomic E-state index is 14.0. The van der Waals surface area contributed by atoms with Crippen LogP contribution in [0.15, 0.2) is 42.5 Å². The first-order chi connectivity index (χ1) is 15.9. The number of aryl methyl sites for hydroxylation is 1. The molecule has 2 rings (SSSR count). The van der Waals surface area contributed by atoms with E-state index in [0.29, 0.717) is 25.3 Å². The fourth-order valence-electron chi connectivity index (χ4n) is 3.52. The Bertz CT molecular complexity index is 864. The van der Waals surface area contributed by atoms with E-state index in [-0.39, 0.29) is 5.56 Å². The van der Waals surface area contributed by atoms with Crippen LogP contribution < -0.4 is 10.6 Å². The highest BCUT2D eigenvalue weighted by Gasteiger charge is 2.35. The molecule has 1 amide bonds. The average Bonchev–Trinajstić information content (AvgIpc) is 2.79. The second kappa shape index (κ2) is 14.2. The van der Waals surface area contributed by atoms with Gasteiger partial charge in [-0.2, -0.15) is 0 Å². The van der Waals surface area contributed by atoms with Crippen LogP contribution in [0.1, 0.15) is 48.6 Å². The lowest BCUT2D eigenvalue weighted by atomic mass is 10.0. The molecule has 3 atom stereocenters. The van der Waals surface area contributed by atoms with E-state index in [0.717, 1.165) is 24.5 Å². The van der Waals surface area contributed by atoms with Crippen LogP contribution in [0.4, 0.5) is 13.6 Å². The van der Waals surface area contributed by atoms with Crippen molar-refractivity contribution < 1.29 is 22.9 Å². The monoisotopic (exact) mass is 479 g/mol. The van der Waals surface area contributed by atoms with Gasteiger partial charge in [-0.15, -0.1) is 0 Å². The summed E-state index contributed by atoms with van der Waals surface area (Å²) in [5, 5.41) is 5.15. The molecular weight excluding hydrogens is 446 g/mol. The third kappa shape index (κ3) is 8.95. The van der Waals surface area contributed by atoms with Crippen LogP contribution in [0.5, 0.6) is 0 Å². The molecular formula is C25H33F2N2O3S. The lowest BCUT2D eigenvalue weighted by Crippen LogP contribution is -2.44. The van der Waals surface area contributed by atoms with Crippen molar-refractivity contribution in [2.45, 2.75) is 50.9 Å². The van der Waals surface area contributed by atoms with Crippen LogP contribution in [0.25, 0.3) is 0 Å². The van der Waals surface area contributed by atoms with E-state index in [4.69, 9.17) is 4.74 Å². The summed E-state index contributed by atoms with van der Waals surface area (Å²) >= 11 is -1.48. The largest absolute Gasteiger partial charge is 0.616 e. The molecule has 8 heteroatoms. The van der Waals surface area contributed by atoms with Crippen molar-refractivity contribution in [3.63, 3.8) is 0 Å². The predicted octanol–water partition coefficient (Wildman–Crippen LogP) is 4.84. The number of hydrogen-bond donors (Lipinski definition) is 2. The standard InChI is InChI=1S/C25H33F2N2O3S/c1-4-6-12-33(31)24(20-14-21(26)16-22(27)15-20)23(29-25(30)32-3)10-11-28-17-19-9-7-8-18(5-2)13-19/h7-10,13-16,23-24,28H,4-6,11-12,17H2,1-3H3,(H,29,30)/t23-,24?,33?/m0/s1. The summed E-state index contributed by atoms with van der Waals surface area (Å²) < 4.78 is 45.9. The second-order valence-electron chi connectivity index (χ2n) is 7.76. The summed E-state index contributed by atoms with van der Waals surface area (Å²) in [6, 6.07) is 10.6. The highest BCUT2D eigenvalue weighted by Crippen LogP contribution is 2.30. The number of carbonyl (C=O) groups excluding carboxylic acids is 1. The number of carbonyl (C=O) groups is 1. The zero-order chi connectivity index (χ0) is 24.2. The van der Waals surface area contributed by atoms with Crippen LogP contribution in [0.3, 0.4) is 0 Å². The molecule has 0 aliphatic heterocycles. The first kappa shape index (κ1) is 27.1. The molecule has 2 aromatic carbocycles. The number of alkyl carbamates (subject to hydrolysis) is 1. The second-order valence-corrected chi connectivity index (χ2v) is 9.44. The van der Waals surface area contributed by atoms with E-state index in [1.54, 1.807) is 6.42 Å². The van der Waals surface area contributed by atoms with E-state index >= 15 is 0 Å². The smallest absolute Gasteiger partial charge is 0.407 e. The number of rotatable bonds is 13. The quantitative estimate of drug-likeness (QED) is 0.319. The Balaban J connectivity index is 2.19. The zero-order valence-electron chi connectivity index (χ0n) is 19.4. The highest BCUT2D eigenvalue weighted by atomic mass is 32.2. The summed E-state index contributed by atoms with van der Waals surface area (Å²) in [6.07, 6.45) is 3.52. The number of amides is 1. The number of nitrogens with one attached hydrogen (secondary N) is 2. The van der Waals surface area contributed by atoms with Gasteiger partial charge < -0.3 is 19.9 Å². The van der Waals surface area contributed by atoms with E-state index in [1.807, 2.05) is 19.1 Å². The van der Waals surface area contributed by atoms with E-state index in [9.17, 15) is 18.1 Å². The van der Waals surface area contributed by atoms with Gasteiger partial charge in [-0.3, -0.25) is 0 Å². The van der Waals surface area contributed by atoms with Crippen LogP contribution >= 0.6 is 0 Å². The van der Waals surface area contributed by atoms with Gasteiger partial charge in [0.25, 0.3) is 0 Å². The first-order valence-corrected chi connectivity index (χ1v) is 12.6. The van der Waals surface area contributed by atoms with Gasteiger partial charge in [-0.1, -0.05) is 44.5 Å². The molecule has 181 valence electrons. The van der Waals surface area contributed by atoms with Gasteiger partial charge in [0.15, 0.2) is 5.25 Å². The Labute approximate surface area is 198 Å². The molecule has 0 aliphatic carbocycles. The van der Waals surface area contributed by atoms with E-state index < -0.39 is 40.2 Å². The van der Waals surface area contributed by atoms with Crippen molar-refractivity contribution in [2.75, 3.05) is 19.4 Å². The van der Waals surface area contributed by atoms with Crippen molar-refractivity contribution in [3.05, 3.63) is 77.2 Å². The van der Waals surface area contributed by atoms with Crippen LogP contribution in [-0.4, -0.2) is 36.1 Å². The topological polar surface area (TPSA) is 73.4 Å². The van der Waals surface area contributed by atoms with Crippen molar-refractivity contribution >= 4 is 17.3 Å². The van der Waals surface area contributed by atoms with Gasteiger partial charge in [0.1, 0.15) is 17.4 Å². The van der Waals surface area contributed by atoms with Crippen molar-refractivity contribution in [3.8, 4) is 0 Å². The molecule has 5 nitrogen and oxygen atoms in total. The molecule has 33 heavy (non-hydrogen) atoms. The zero-order valence-corrected chi connectivity index (χ0v) is 20.2. The van der Waals surface area contributed by atoms with Gasteiger partial charge in [0.2, 0.25) is 0 Å². The van der Waals surface area contributed by atoms with Crippen LogP contribution in [0.2, 0.25) is 0 Å². The molecule has 2 unspecified atom stereocenters. The minimum Gasteiger partial charge on any atom is -0.616 e. The SMILES string of the molecule is CCCC[S+]([O-])C(c1cc(F)cc(F)c1)[C@H]([CH]CNCc1cccc(CC)c1)NC(=O)OC. The number of benzene rings is 2. The van der Waals surface area contributed by atoms with Gasteiger partial charge in [-0.05, 0) is 47.3 Å². The van der Waals surface area contributed by atoms with E-state index in [2.05, 4.69) is 29.7 Å². The highest BCUT2D eigenvalue weighted by molar-refractivity contribution is 7.91. The van der Waals surface area contributed by atoms with Crippen molar-refractivity contribution in [1.29, 1.82) is 0 Å². The summed E-state index contributed by atoms with van der Waals surface area (Å²) in [7, 11) is 1.23. The molecule has 0 fully saturated rings. The molecule has 0 saturated carbocycles. The summed E-state index contributed by atoms with van der Waals surface area (Å²) in [4.78, 5) is 12.0. The molecule has 2 aromatic rings. The molecule has 0 saturated heterocycles. The van der Waals surface area contributed by atoms with E-state index in [1.165, 1.54) is 24.8 Å². The lowest BCUT2D eigenvalue weighted by Gasteiger charge is -2.30. The predicted molar refractivity (Wildman–Crippen MR) is 128 cm³/mol. The van der Waals surface area contributed by atoms with Crippen LogP contribution in [0, 0.1) is 18.1 Å².